The SMILES string of the molecule is CC(C)C[C@@H](C(=O)C(C)C)N(C)C(=O)[C@@H]1CCCN1C(=O)[C@H](C)N(C)C(=O)[C@H](CCC(N)=O)NC(=O)C1CCC(=O)N1. The standard InChI is InChI=1S/C29H48N6O7/c1-16(2)15-22(25(38)17(3)4)34(7)29(42)21-9-8-14-35(21)27(40)18(5)33(6)28(41)20(10-12-23(30)36)32-26(39)19-11-13-24(37)31-19/h16-22H,8-15H2,1-7H3,(H2,30,36)(H,31,37)(H,32,39)/t18-,19?,20-,21-,22-/m0/s1. The van der Waals surface area contributed by atoms with Crippen LogP contribution < -0.4 is 16.4 Å². The zero-order valence-electron chi connectivity index (χ0n) is 26.0. The van der Waals surface area contributed by atoms with Gasteiger partial charge in [-0.1, -0.05) is 27.7 Å². The van der Waals surface area contributed by atoms with Gasteiger partial charge < -0.3 is 31.1 Å². The van der Waals surface area contributed by atoms with E-state index in [0.29, 0.717) is 25.8 Å². The average Bonchev–Trinajstić information content (AvgIpc) is 3.60. The molecule has 236 valence electrons. The summed E-state index contributed by atoms with van der Waals surface area (Å²) in [5, 5.41) is 5.14. The fraction of sp³-hybridized carbons (Fsp3) is 0.759. The highest BCUT2D eigenvalue weighted by Gasteiger charge is 2.42. The van der Waals surface area contributed by atoms with Crippen LogP contribution in [0.3, 0.4) is 0 Å². The van der Waals surface area contributed by atoms with E-state index in [2.05, 4.69) is 10.6 Å². The summed E-state index contributed by atoms with van der Waals surface area (Å²) in [7, 11) is 3.03. The van der Waals surface area contributed by atoms with E-state index < -0.39 is 53.8 Å². The third-order valence-electron chi connectivity index (χ3n) is 8.12. The Morgan fingerprint density at radius 1 is 1.02 bits per heavy atom. The van der Waals surface area contributed by atoms with Crippen LogP contribution in [0.25, 0.3) is 0 Å². The molecule has 0 aromatic carbocycles. The Morgan fingerprint density at radius 3 is 2.19 bits per heavy atom. The number of carbonyl (C=O) groups excluding carboxylic acids is 7. The second kappa shape index (κ2) is 15.1. The fourth-order valence-electron chi connectivity index (χ4n) is 5.44. The second-order valence-corrected chi connectivity index (χ2v) is 12.2. The molecule has 2 aliphatic heterocycles. The smallest absolute Gasteiger partial charge is 0.245 e. The maximum Gasteiger partial charge on any atom is 0.245 e. The number of ketones is 1. The molecule has 0 aromatic rings. The van der Waals surface area contributed by atoms with E-state index >= 15 is 0 Å². The van der Waals surface area contributed by atoms with Crippen molar-refractivity contribution in [1.29, 1.82) is 0 Å². The van der Waals surface area contributed by atoms with Crippen LogP contribution in [0.1, 0.15) is 79.6 Å². The van der Waals surface area contributed by atoms with Gasteiger partial charge in [0.1, 0.15) is 24.2 Å². The van der Waals surface area contributed by atoms with Crippen molar-refractivity contribution in [2.24, 2.45) is 17.6 Å². The van der Waals surface area contributed by atoms with Crippen molar-refractivity contribution in [2.75, 3.05) is 20.6 Å². The number of hydrogen-bond acceptors (Lipinski definition) is 7. The van der Waals surface area contributed by atoms with Gasteiger partial charge in [-0.2, -0.15) is 0 Å². The van der Waals surface area contributed by atoms with Crippen LogP contribution in [-0.4, -0.2) is 107 Å². The summed E-state index contributed by atoms with van der Waals surface area (Å²) in [5.74, 6) is -2.94. The Morgan fingerprint density at radius 2 is 1.67 bits per heavy atom. The summed E-state index contributed by atoms with van der Waals surface area (Å²) in [4.78, 5) is 93.6. The van der Waals surface area contributed by atoms with E-state index in [1.807, 2.05) is 13.8 Å². The first-order valence-electron chi connectivity index (χ1n) is 14.8. The molecule has 2 aliphatic rings. The Bertz CT molecular complexity index is 1060. The Kier molecular flexibility index (Phi) is 12.5. The van der Waals surface area contributed by atoms with E-state index in [1.54, 1.807) is 20.9 Å². The number of amides is 6. The van der Waals surface area contributed by atoms with Crippen molar-refractivity contribution in [1.82, 2.24) is 25.3 Å². The molecule has 42 heavy (non-hydrogen) atoms. The molecule has 13 nitrogen and oxygen atoms in total. The summed E-state index contributed by atoms with van der Waals surface area (Å²) in [6.07, 6.45) is 1.76. The molecule has 0 bridgehead atoms. The Hall–Kier alpha value is -3.51. The third kappa shape index (κ3) is 8.75. The number of carbonyl (C=O) groups is 7. The number of nitrogens with zero attached hydrogens (tertiary/aromatic N) is 3. The molecular weight excluding hydrogens is 544 g/mol. The molecule has 2 fully saturated rings. The molecule has 2 heterocycles. The van der Waals surface area contributed by atoms with E-state index in [9.17, 15) is 33.6 Å². The Labute approximate surface area is 248 Å². The van der Waals surface area contributed by atoms with Crippen molar-refractivity contribution in [3.63, 3.8) is 0 Å². The molecule has 2 saturated heterocycles. The van der Waals surface area contributed by atoms with Gasteiger partial charge in [-0.15, -0.1) is 0 Å². The quantitative estimate of drug-likeness (QED) is 0.253. The van der Waals surface area contributed by atoms with Crippen LogP contribution in [0.15, 0.2) is 0 Å². The zero-order chi connectivity index (χ0) is 31.9. The summed E-state index contributed by atoms with van der Waals surface area (Å²) in [6.45, 7) is 9.45. The lowest BCUT2D eigenvalue weighted by Crippen LogP contribution is -2.58. The number of likely N-dealkylation sites (N-methyl/N-ethyl adjacent to an activating group) is 2. The lowest BCUT2D eigenvalue weighted by Gasteiger charge is -2.36. The summed E-state index contributed by atoms with van der Waals surface area (Å²) >= 11 is 0. The molecule has 4 N–H and O–H groups in total. The molecule has 0 radical (unpaired) electrons. The third-order valence-corrected chi connectivity index (χ3v) is 8.12. The van der Waals surface area contributed by atoms with E-state index in [1.165, 1.54) is 28.7 Å². The molecule has 6 amide bonds. The van der Waals surface area contributed by atoms with Crippen LogP contribution in [0.4, 0.5) is 0 Å². The molecule has 13 heteroatoms. The first kappa shape index (κ1) is 34.7. The van der Waals surface area contributed by atoms with Crippen molar-refractivity contribution < 1.29 is 33.6 Å². The predicted octanol–water partition coefficient (Wildman–Crippen LogP) is -0.0486. The van der Waals surface area contributed by atoms with Crippen LogP contribution >= 0.6 is 0 Å². The highest BCUT2D eigenvalue weighted by molar-refractivity contribution is 5.97. The van der Waals surface area contributed by atoms with Crippen LogP contribution in [0.2, 0.25) is 0 Å². The minimum atomic E-state index is -1.15. The molecule has 0 spiro atoms. The van der Waals surface area contributed by atoms with Crippen molar-refractivity contribution in [3.05, 3.63) is 0 Å². The van der Waals surface area contributed by atoms with Gasteiger partial charge in [-0.25, -0.2) is 0 Å². The summed E-state index contributed by atoms with van der Waals surface area (Å²) in [5.41, 5.74) is 5.28. The lowest BCUT2D eigenvalue weighted by atomic mass is 9.92. The minimum Gasteiger partial charge on any atom is -0.370 e. The molecule has 2 rings (SSSR count). The van der Waals surface area contributed by atoms with E-state index in [-0.39, 0.29) is 55.1 Å². The molecule has 0 aromatic heterocycles. The second-order valence-electron chi connectivity index (χ2n) is 12.2. The van der Waals surface area contributed by atoms with Gasteiger partial charge in [0.25, 0.3) is 0 Å². The molecule has 0 aliphatic carbocycles. The minimum absolute atomic E-state index is 0.0321. The van der Waals surface area contributed by atoms with E-state index in [4.69, 9.17) is 5.73 Å². The topological polar surface area (TPSA) is 179 Å². The highest BCUT2D eigenvalue weighted by Crippen LogP contribution is 2.24. The van der Waals surface area contributed by atoms with Crippen molar-refractivity contribution in [2.45, 2.75) is 110 Å². The summed E-state index contributed by atoms with van der Waals surface area (Å²) < 4.78 is 0. The first-order chi connectivity index (χ1) is 19.6. The number of nitrogens with one attached hydrogen (secondary N) is 2. The van der Waals surface area contributed by atoms with Gasteiger partial charge in [0, 0.05) is 39.4 Å². The monoisotopic (exact) mass is 592 g/mol. The number of Topliss-reactive ketones (excluding diaryl/α,β-unsaturated/α-hetero) is 1. The van der Waals surface area contributed by atoms with Gasteiger partial charge in [0.05, 0.1) is 6.04 Å². The number of primary amides is 1. The van der Waals surface area contributed by atoms with E-state index in [0.717, 1.165) is 0 Å². The molecule has 0 saturated carbocycles. The number of likely N-dealkylation sites (tertiary alicyclic amines) is 1. The summed E-state index contributed by atoms with van der Waals surface area (Å²) in [6, 6.07) is -4.29. The average molecular weight is 593 g/mol. The first-order valence-corrected chi connectivity index (χ1v) is 14.8. The van der Waals surface area contributed by atoms with Crippen LogP contribution in [0.5, 0.6) is 0 Å². The fourth-order valence-corrected chi connectivity index (χ4v) is 5.44. The van der Waals surface area contributed by atoms with Crippen LogP contribution in [-0.2, 0) is 33.6 Å². The van der Waals surface area contributed by atoms with Crippen molar-refractivity contribution >= 4 is 41.2 Å². The lowest BCUT2D eigenvalue weighted by molar-refractivity contribution is -0.151. The van der Waals surface area contributed by atoms with Gasteiger partial charge in [-0.05, 0) is 44.9 Å². The highest BCUT2D eigenvalue weighted by atomic mass is 16.2. The van der Waals surface area contributed by atoms with Gasteiger partial charge in [-0.3, -0.25) is 33.6 Å². The van der Waals surface area contributed by atoms with Gasteiger partial charge in [0.2, 0.25) is 35.4 Å². The van der Waals surface area contributed by atoms with Gasteiger partial charge >= 0.3 is 0 Å². The number of nitrogens with two attached hydrogens (primary N) is 1. The van der Waals surface area contributed by atoms with Crippen LogP contribution in [0, 0.1) is 11.8 Å². The van der Waals surface area contributed by atoms with Crippen molar-refractivity contribution in [3.8, 4) is 0 Å². The number of hydrogen-bond donors (Lipinski definition) is 3. The largest absolute Gasteiger partial charge is 0.370 e. The molecule has 5 atom stereocenters. The maximum atomic E-state index is 13.7. The predicted molar refractivity (Wildman–Crippen MR) is 154 cm³/mol. The molecular formula is C29H48N6O7. The number of rotatable bonds is 14. The zero-order valence-corrected chi connectivity index (χ0v) is 26.0. The van der Waals surface area contributed by atoms with Gasteiger partial charge in [0.15, 0.2) is 5.78 Å². The Balaban J connectivity index is 2.18. The maximum absolute atomic E-state index is 13.7. The molecule has 1 unspecified atom stereocenters. The normalized spacial score (nSPS) is 20.6.